The zero-order valence-corrected chi connectivity index (χ0v) is 13.6. The van der Waals surface area contributed by atoms with Crippen LogP contribution in [0.3, 0.4) is 0 Å². The normalized spacial score (nSPS) is 30.3. The summed E-state index contributed by atoms with van der Waals surface area (Å²) in [5, 5.41) is 11.3. The molecule has 24 heavy (non-hydrogen) atoms. The van der Waals surface area contributed by atoms with E-state index in [0.717, 1.165) is 6.42 Å². The zero-order valence-electron chi connectivity index (χ0n) is 13.6. The minimum absolute atomic E-state index is 0.0366. The zero-order chi connectivity index (χ0) is 17.1. The van der Waals surface area contributed by atoms with Crippen LogP contribution in [0.2, 0.25) is 0 Å². The van der Waals surface area contributed by atoms with Crippen molar-refractivity contribution in [2.24, 2.45) is 23.7 Å². The Balaban J connectivity index is 1.38. The molecule has 0 aromatic heterocycles. The van der Waals surface area contributed by atoms with Gasteiger partial charge in [-0.25, -0.2) is 0 Å². The van der Waals surface area contributed by atoms with Crippen molar-refractivity contribution in [3.8, 4) is 0 Å². The lowest BCUT2D eigenvalue weighted by Gasteiger charge is -2.16. The third-order valence-electron chi connectivity index (χ3n) is 5.15. The van der Waals surface area contributed by atoms with Crippen LogP contribution >= 0.6 is 0 Å². The van der Waals surface area contributed by atoms with Gasteiger partial charge in [0.05, 0.1) is 31.7 Å². The molecule has 3 rings (SSSR count). The van der Waals surface area contributed by atoms with E-state index in [0.29, 0.717) is 26.1 Å². The predicted octanol–water partition coefficient (Wildman–Crippen LogP) is -0.301. The highest BCUT2D eigenvalue weighted by molar-refractivity contribution is 6.06. The average Bonchev–Trinajstić information content (AvgIpc) is 3.24. The van der Waals surface area contributed by atoms with E-state index in [4.69, 9.17) is 9.84 Å². The summed E-state index contributed by atoms with van der Waals surface area (Å²) in [6.07, 6.45) is 5.83. The number of likely N-dealkylation sites (tertiary alicyclic amines) is 1. The largest absolute Gasteiger partial charge is 0.394 e. The molecular formula is C17H24N2O5. The van der Waals surface area contributed by atoms with E-state index in [1.165, 1.54) is 4.90 Å². The number of amides is 3. The molecule has 0 spiro atoms. The molecule has 0 radical (unpaired) electrons. The molecule has 0 aromatic carbocycles. The van der Waals surface area contributed by atoms with Crippen LogP contribution in [0.15, 0.2) is 12.2 Å². The number of carbonyl (C=O) groups excluding carboxylic acids is 3. The Morgan fingerprint density at radius 3 is 2.50 bits per heavy atom. The molecule has 3 amide bonds. The molecule has 2 aliphatic carbocycles. The molecule has 2 fully saturated rings. The second-order valence-electron chi connectivity index (χ2n) is 6.62. The van der Waals surface area contributed by atoms with Crippen molar-refractivity contribution < 1.29 is 24.2 Å². The van der Waals surface area contributed by atoms with Gasteiger partial charge in [0, 0.05) is 19.5 Å². The molecule has 2 unspecified atom stereocenters. The van der Waals surface area contributed by atoms with Gasteiger partial charge >= 0.3 is 0 Å². The van der Waals surface area contributed by atoms with Crippen LogP contribution in [0.5, 0.6) is 0 Å². The van der Waals surface area contributed by atoms with Gasteiger partial charge in [-0.1, -0.05) is 12.2 Å². The van der Waals surface area contributed by atoms with E-state index < -0.39 is 0 Å². The summed E-state index contributed by atoms with van der Waals surface area (Å²) in [5.74, 6) is -0.106. The van der Waals surface area contributed by atoms with Gasteiger partial charge in [0.15, 0.2) is 0 Å². The Bertz CT molecular complexity index is 517. The molecule has 3 aliphatic rings. The van der Waals surface area contributed by atoms with Crippen LogP contribution in [0, 0.1) is 23.7 Å². The summed E-state index contributed by atoms with van der Waals surface area (Å²) in [7, 11) is 0. The SMILES string of the molecule is O=C(CCCN1C(=O)[C@@H]2C3C=CC(C3)[C@@H]2C1=O)NCCOCCO. The van der Waals surface area contributed by atoms with Gasteiger partial charge in [-0.2, -0.15) is 0 Å². The quantitative estimate of drug-likeness (QED) is 0.342. The summed E-state index contributed by atoms with van der Waals surface area (Å²) in [6.45, 7) is 1.28. The Morgan fingerprint density at radius 2 is 1.88 bits per heavy atom. The van der Waals surface area contributed by atoms with Gasteiger partial charge in [0.1, 0.15) is 0 Å². The Hall–Kier alpha value is -1.73. The minimum atomic E-state index is -0.162. The molecule has 132 valence electrons. The molecule has 2 bridgehead atoms. The number of carbonyl (C=O) groups is 3. The first-order valence-electron chi connectivity index (χ1n) is 8.62. The molecule has 1 saturated heterocycles. The highest BCUT2D eigenvalue weighted by Crippen LogP contribution is 2.52. The molecule has 1 heterocycles. The summed E-state index contributed by atoms with van der Waals surface area (Å²) in [4.78, 5) is 38.0. The van der Waals surface area contributed by atoms with Crippen LogP contribution in [0.25, 0.3) is 0 Å². The molecule has 4 atom stereocenters. The van der Waals surface area contributed by atoms with Crippen LogP contribution in [0.4, 0.5) is 0 Å². The first-order chi connectivity index (χ1) is 11.6. The fourth-order valence-corrected chi connectivity index (χ4v) is 4.10. The van der Waals surface area contributed by atoms with Gasteiger partial charge in [0.2, 0.25) is 17.7 Å². The monoisotopic (exact) mass is 336 g/mol. The fourth-order valence-electron chi connectivity index (χ4n) is 4.10. The number of hydrogen-bond donors (Lipinski definition) is 2. The van der Waals surface area contributed by atoms with Crippen molar-refractivity contribution in [2.75, 3.05) is 32.9 Å². The smallest absolute Gasteiger partial charge is 0.233 e. The summed E-state index contributed by atoms with van der Waals surface area (Å²) < 4.78 is 5.05. The van der Waals surface area contributed by atoms with E-state index >= 15 is 0 Å². The lowest BCUT2D eigenvalue weighted by molar-refractivity contribution is -0.141. The number of ether oxygens (including phenoxy) is 1. The van der Waals surface area contributed by atoms with E-state index in [1.807, 2.05) is 0 Å². The maximum Gasteiger partial charge on any atom is 0.233 e. The highest BCUT2D eigenvalue weighted by Gasteiger charge is 2.58. The van der Waals surface area contributed by atoms with Gasteiger partial charge in [-0.15, -0.1) is 0 Å². The first kappa shape index (κ1) is 17.1. The number of aliphatic hydroxyl groups is 1. The second kappa shape index (κ2) is 7.44. The maximum absolute atomic E-state index is 12.5. The molecule has 2 N–H and O–H groups in total. The lowest BCUT2D eigenvalue weighted by atomic mass is 9.85. The molecule has 1 aliphatic heterocycles. The van der Waals surface area contributed by atoms with E-state index in [9.17, 15) is 14.4 Å². The van der Waals surface area contributed by atoms with Gasteiger partial charge in [0.25, 0.3) is 0 Å². The maximum atomic E-state index is 12.5. The summed E-state index contributed by atoms with van der Waals surface area (Å²) in [5.41, 5.74) is 0. The molecule has 1 saturated carbocycles. The van der Waals surface area contributed by atoms with E-state index in [2.05, 4.69) is 17.5 Å². The van der Waals surface area contributed by atoms with Gasteiger partial charge in [-0.3, -0.25) is 19.3 Å². The number of nitrogens with zero attached hydrogens (tertiary/aromatic N) is 1. The fraction of sp³-hybridized carbons (Fsp3) is 0.706. The number of fused-ring (bicyclic) bond motifs is 5. The van der Waals surface area contributed by atoms with Crippen LogP contribution in [-0.4, -0.2) is 60.6 Å². The van der Waals surface area contributed by atoms with E-state index in [1.54, 1.807) is 0 Å². The molecule has 7 heteroatoms. The van der Waals surface area contributed by atoms with Crippen molar-refractivity contribution >= 4 is 17.7 Å². The van der Waals surface area contributed by atoms with Crippen molar-refractivity contribution in [2.45, 2.75) is 19.3 Å². The standard InChI is InChI=1S/C17H24N2O5/c20-7-9-24-8-5-18-13(21)2-1-6-19-16(22)14-11-3-4-12(10-11)15(14)17(19)23/h3-4,11-12,14-15,20H,1-2,5-10H2,(H,18,21)/t11?,12?,14-,15+. The summed E-state index contributed by atoms with van der Waals surface area (Å²) >= 11 is 0. The number of rotatable bonds is 9. The second-order valence-corrected chi connectivity index (χ2v) is 6.62. The van der Waals surface area contributed by atoms with Gasteiger partial charge < -0.3 is 15.2 Å². The highest BCUT2D eigenvalue weighted by atomic mass is 16.5. The van der Waals surface area contributed by atoms with Crippen molar-refractivity contribution in [1.29, 1.82) is 0 Å². The third kappa shape index (κ3) is 3.23. The van der Waals surface area contributed by atoms with E-state index in [-0.39, 0.29) is 61.0 Å². The number of imide groups is 1. The topological polar surface area (TPSA) is 95.9 Å². The van der Waals surface area contributed by atoms with Crippen molar-refractivity contribution in [3.05, 3.63) is 12.2 Å². The Kier molecular flexibility index (Phi) is 5.30. The number of nitrogens with one attached hydrogen (secondary N) is 1. The molecular weight excluding hydrogens is 312 g/mol. The third-order valence-corrected chi connectivity index (χ3v) is 5.15. The summed E-state index contributed by atoms with van der Waals surface area (Å²) in [6, 6.07) is 0. The molecule has 7 nitrogen and oxygen atoms in total. The number of hydrogen-bond acceptors (Lipinski definition) is 5. The predicted molar refractivity (Wildman–Crippen MR) is 84.6 cm³/mol. The van der Waals surface area contributed by atoms with Crippen molar-refractivity contribution in [3.63, 3.8) is 0 Å². The Morgan fingerprint density at radius 1 is 1.21 bits per heavy atom. The van der Waals surface area contributed by atoms with Crippen LogP contribution in [0.1, 0.15) is 19.3 Å². The Labute approximate surface area is 141 Å². The van der Waals surface area contributed by atoms with Gasteiger partial charge in [-0.05, 0) is 24.7 Å². The number of allylic oxidation sites excluding steroid dienone is 2. The van der Waals surface area contributed by atoms with Crippen molar-refractivity contribution in [1.82, 2.24) is 10.2 Å². The average molecular weight is 336 g/mol. The minimum Gasteiger partial charge on any atom is -0.394 e. The number of aliphatic hydroxyl groups excluding tert-OH is 1. The van der Waals surface area contributed by atoms with Crippen LogP contribution in [-0.2, 0) is 19.1 Å². The van der Waals surface area contributed by atoms with Crippen LogP contribution < -0.4 is 5.32 Å². The first-order valence-corrected chi connectivity index (χ1v) is 8.62. The molecule has 0 aromatic rings. The lowest BCUT2D eigenvalue weighted by Crippen LogP contribution is -2.35.